The van der Waals surface area contributed by atoms with E-state index in [9.17, 15) is 4.79 Å². The first-order valence-electron chi connectivity index (χ1n) is 6.18. The Hall–Kier alpha value is -1.13. The van der Waals surface area contributed by atoms with Gasteiger partial charge in [-0.3, -0.25) is 4.79 Å². The predicted octanol–water partition coefficient (Wildman–Crippen LogP) is 4.79. The number of carbonyl (C=O) groups excluding carboxylic acids is 1. The van der Waals surface area contributed by atoms with Crippen LogP contribution < -0.4 is 4.90 Å². The maximum Gasteiger partial charge on any atom is 0.268 e. The Balaban J connectivity index is 2.37. The van der Waals surface area contributed by atoms with Gasteiger partial charge in [-0.05, 0) is 60.0 Å². The number of carbonyl (C=O) groups is 1. The van der Waals surface area contributed by atoms with Crippen molar-refractivity contribution in [2.45, 2.75) is 20.8 Å². The Morgan fingerprint density at radius 3 is 2.47 bits per heavy atom. The van der Waals surface area contributed by atoms with Gasteiger partial charge in [0.05, 0.1) is 8.66 Å². The van der Waals surface area contributed by atoms with Gasteiger partial charge in [-0.15, -0.1) is 11.3 Å². The van der Waals surface area contributed by atoms with Gasteiger partial charge in [0.1, 0.15) is 0 Å². The van der Waals surface area contributed by atoms with Crippen LogP contribution in [-0.2, 0) is 0 Å². The van der Waals surface area contributed by atoms with Gasteiger partial charge >= 0.3 is 0 Å². The second-order valence-corrected chi connectivity index (χ2v) is 6.77. The van der Waals surface area contributed by atoms with Crippen LogP contribution in [0.3, 0.4) is 0 Å². The molecule has 4 heteroatoms. The van der Waals surface area contributed by atoms with Gasteiger partial charge in [0.15, 0.2) is 0 Å². The van der Waals surface area contributed by atoms with Crippen molar-refractivity contribution in [2.75, 3.05) is 11.4 Å². The van der Waals surface area contributed by atoms with Crippen molar-refractivity contribution in [3.05, 3.63) is 50.1 Å². The van der Waals surface area contributed by atoms with Crippen molar-refractivity contribution < 1.29 is 4.79 Å². The number of para-hydroxylation sites is 1. The summed E-state index contributed by atoms with van der Waals surface area (Å²) in [6.07, 6.45) is 0. The van der Waals surface area contributed by atoms with Crippen molar-refractivity contribution in [3.8, 4) is 0 Å². The molecule has 0 fully saturated rings. The molecule has 0 radical (unpaired) electrons. The lowest BCUT2D eigenvalue weighted by Gasteiger charge is -2.22. The van der Waals surface area contributed by atoms with E-state index in [-0.39, 0.29) is 5.91 Å². The first-order chi connectivity index (χ1) is 9.04. The molecule has 19 heavy (non-hydrogen) atoms. The number of thiophene rings is 1. The van der Waals surface area contributed by atoms with Gasteiger partial charge in [0.25, 0.3) is 5.91 Å². The van der Waals surface area contributed by atoms with Crippen LogP contribution in [0.5, 0.6) is 0 Å². The normalized spacial score (nSPS) is 10.5. The molecule has 0 atom stereocenters. The van der Waals surface area contributed by atoms with Crippen LogP contribution in [0.25, 0.3) is 0 Å². The molecule has 0 aliphatic rings. The van der Waals surface area contributed by atoms with Gasteiger partial charge in [-0.25, -0.2) is 0 Å². The van der Waals surface area contributed by atoms with E-state index < -0.39 is 0 Å². The molecule has 1 amide bonds. The van der Waals surface area contributed by atoms with Crippen LogP contribution in [0, 0.1) is 13.8 Å². The maximum atomic E-state index is 12.6. The summed E-state index contributed by atoms with van der Waals surface area (Å²) in [5, 5.41) is 0. The molecule has 2 rings (SSSR count). The van der Waals surface area contributed by atoms with Crippen LogP contribution >= 0.6 is 27.3 Å². The zero-order chi connectivity index (χ0) is 14.0. The summed E-state index contributed by atoms with van der Waals surface area (Å²) in [5.41, 5.74) is 3.21. The first kappa shape index (κ1) is 14.3. The summed E-state index contributed by atoms with van der Waals surface area (Å²) in [4.78, 5) is 15.2. The van der Waals surface area contributed by atoms with E-state index in [4.69, 9.17) is 0 Å². The Kier molecular flexibility index (Phi) is 4.42. The molecule has 2 aromatic rings. The quantitative estimate of drug-likeness (QED) is 0.788. The molecule has 0 bridgehead atoms. The largest absolute Gasteiger partial charge is 0.308 e. The second kappa shape index (κ2) is 5.88. The third-order valence-electron chi connectivity index (χ3n) is 3.04. The fraction of sp³-hybridized carbons (Fsp3) is 0.267. The highest BCUT2D eigenvalue weighted by Crippen LogP contribution is 2.30. The molecular formula is C15H16BrNOS. The van der Waals surface area contributed by atoms with Gasteiger partial charge < -0.3 is 4.90 Å². The van der Waals surface area contributed by atoms with E-state index in [0.717, 1.165) is 25.5 Å². The summed E-state index contributed by atoms with van der Waals surface area (Å²) in [7, 11) is 0. The first-order valence-corrected chi connectivity index (χ1v) is 7.79. The monoisotopic (exact) mass is 337 g/mol. The molecule has 1 aromatic heterocycles. The number of amides is 1. The Bertz CT molecular complexity index is 586. The number of aryl methyl sites for hydroxylation is 2. The van der Waals surface area contributed by atoms with Crippen molar-refractivity contribution in [2.24, 2.45) is 0 Å². The summed E-state index contributed by atoms with van der Waals surface area (Å²) >= 11 is 4.97. The van der Waals surface area contributed by atoms with Gasteiger partial charge in [-0.2, -0.15) is 0 Å². The lowest BCUT2D eigenvalue weighted by atomic mass is 10.1. The zero-order valence-corrected chi connectivity index (χ0v) is 13.6. The Morgan fingerprint density at radius 1 is 1.26 bits per heavy atom. The highest BCUT2D eigenvalue weighted by atomic mass is 79.9. The van der Waals surface area contributed by atoms with E-state index in [2.05, 4.69) is 15.9 Å². The third-order valence-corrected chi connectivity index (χ3v) is 5.16. The standard InChI is InChI=1S/C15H16BrNOS/c1-4-17(12-8-6-5-7-10(12)2)15(18)13-9-11(3)14(16)19-13/h5-9H,4H2,1-3H3. The minimum atomic E-state index is 0.0654. The highest BCUT2D eigenvalue weighted by Gasteiger charge is 2.19. The molecule has 1 aromatic carbocycles. The van der Waals surface area contributed by atoms with Crippen LogP contribution in [0.15, 0.2) is 34.1 Å². The maximum absolute atomic E-state index is 12.6. The molecule has 0 aliphatic heterocycles. The molecule has 1 heterocycles. The fourth-order valence-corrected chi connectivity index (χ4v) is 3.47. The van der Waals surface area contributed by atoms with Crippen LogP contribution in [0.4, 0.5) is 5.69 Å². The topological polar surface area (TPSA) is 20.3 Å². The van der Waals surface area contributed by atoms with Crippen molar-refractivity contribution >= 4 is 38.9 Å². The molecule has 0 N–H and O–H groups in total. The minimum Gasteiger partial charge on any atom is -0.308 e. The summed E-state index contributed by atoms with van der Waals surface area (Å²) in [6.45, 7) is 6.69. The van der Waals surface area contributed by atoms with Crippen molar-refractivity contribution in [1.82, 2.24) is 0 Å². The number of hydrogen-bond donors (Lipinski definition) is 0. The Morgan fingerprint density at radius 2 is 1.95 bits per heavy atom. The SMILES string of the molecule is CCN(C(=O)c1cc(C)c(Br)s1)c1ccccc1C. The van der Waals surface area contributed by atoms with Crippen LogP contribution in [0.2, 0.25) is 0 Å². The van der Waals surface area contributed by atoms with E-state index in [1.54, 1.807) is 0 Å². The fourth-order valence-electron chi connectivity index (χ4n) is 1.99. The lowest BCUT2D eigenvalue weighted by Crippen LogP contribution is -2.30. The van der Waals surface area contributed by atoms with E-state index in [0.29, 0.717) is 6.54 Å². The van der Waals surface area contributed by atoms with E-state index >= 15 is 0 Å². The van der Waals surface area contributed by atoms with E-state index in [1.165, 1.54) is 11.3 Å². The molecule has 0 spiro atoms. The number of hydrogen-bond acceptors (Lipinski definition) is 2. The average molecular weight is 338 g/mol. The lowest BCUT2D eigenvalue weighted by molar-refractivity contribution is 0.0992. The van der Waals surface area contributed by atoms with Gasteiger partial charge in [0, 0.05) is 12.2 Å². The number of halogens is 1. The van der Waals surface area contributed by atoms with Crippen LogP contribution in [0.1, 0.15) is 27.7 Å². The van der Waals surface area contributed by atoms with Crippen molar-refractivity contribution in [1.29, 1.82) is 0 Å². The summed E-state index contributed by atoms with van der Waals surface area (Å²) in [6, 6.07) is 9.92. The predicted molar refractivity (Wildman–Crippen MR) is 85.3 cm³/mol. The van der Waals surface area contributed by atoms with Crippen LogP contribution in [-0.4, -0.2) is 12.5 Å². The van der Waals surface area contributed by atoms with Gasteiger partial charge in [0.2, 0.25) is 0 Å². The molecule has 0 saturated heterocycles. The minimum absolute atomic E-state index is 0.0654. The number of rotatable bonds is 3. The third kappa shape index (κ3) is 2.90. The number of anilines is 1. The molecule has 0 aliphatic carbocycles. The highest BCUT2D eigenvalue weighted by molar-refractivity contribution is 9.11. The Labute approximate surface area is 126 Å². The van der Waals surface area contributed by atoms with E-state index in [1.807, 2.05) is 56.0 Å². The van der Waals surface area contributed by atoms with Crippen molar-refractivity contribution in [3.63, 3.8) is 0 Å². The summed E-state index contributed by atoms with van der Waals surface area (Å²) in [5.74, 6) is 0.0654. The van der Waals surface area contributed by atoms with Gasteiger partial charge in [-0.1, -0.05) is 18.2 Å². The smallest absolute Gasteiger partial charge is 0.268 e. The molecule has 100 valence electrons. The second-order valence-electron chi connectivity index (χ2n) is 4.40. The summed E-state index contributed by atoms with van der Waals surface area (Å²) < 4.78 is 1.02. The zero-order valence-electron chi connectivity index (χ0n) is 11.2. The molecular weight excluding hydrogens is 322 g/mol. The number of nitrogens with zero attached hydrogens (tertiary/aromatic N) is 1. The average Bonchev–Trinajstić information content (AvgIpc) is 2.73. The molecule has 0 saturated carbocycles. The molecule has 2 nitrogen and oxygen atoms in total. The number of benzene rings is 1. The molecule has 0 unspecified atom stereocenters.